The fraction of sp³-hybridized carbons (Fsp3) is 0.214. The summed E-state index contributed by atoms with van der Waals surface area (Å²) in [4.78, 5) is 4.05. The summed E-state index contributed by atoms with van der Waals surface area (Å²) in [7, 11) is -1.96. The third kappa shape index (κ3) is 3.34. The van der Waals surface area contributed by atoms with Crippen molar-refractivity contribution in [3.63, 3.8) is 0 Å². The van der Waals surface area contributed by atoms with Crippen molar-refractivity contribution in [2.24, 2.45) is 5.73 Å². The van der Waals surface area contributed by atoms with E-state index in [0.29, 0.717) is 12.4 Å². The van der Waals surface area contributed by atoms with Gasteiger partial charge in [0.2, 0.25) is 10.0 Å². The Hall–Kier alpha value is -1.92. The van der Waals surface area contributed by atoms with Gasteiger partial charge in [0.15, 0.2) is 0 Å². The molecule has 2 N–H and O–H groups in total. The first-order valence-electron chi connectivity index (χ1n) is 6.18. The minimum atomic E-state index is -3.46. The Kier molecular flexibility index (Phi) is 4.36. The maximum absolute atomic E-state index is 12.4. The quantitative estimate of drug-likeness (QED) is 0.906. The maximum atomic E-state index is 12.4. The molecule has 0 radical (unpaired) electrons. The van der Waals surface area contributed by atoms with E-state index in [2.05, 4.69) is 4.98 Å². The molecule has 1 aromatic heterocycles. The molecule has 2 aromatic rings. The Morgan fingerprint density at radius 3 is 2.55 bits per heavy atom. The van der Waals surface area contributed by atoms with E-state index in [9.17, 15) is 8.42 Å². The topological polar surface area (TPSA) is 76.3 Å². The number of nitrogens with two attached hydrogens (primary N) is 1. The van der Waals surface area contributed by atoms with E-state index >= 15 is 0 Å². The summed E-state index contributed by atoms with van der Waals surface area (Å²) in [5.74, 6) is 0.330. The molecule has 106 valence electrons. The SMILES string of the molecule is CN(c1ccccn1)S(=O)(=O)Cc1cccc(CN)c1. The van der Waals surface area contributed by atoms with Crippen molar-refractivity contribution in [1.29, 1.82) is 0 Å². The number of anilines is 1. The number of aromatic nitrogens is 1. The third-order valence-corrected chi connectivity index (χ3v) is 4.69. The molecule has 0 amide bonds. The second-order valence-corrected chi connectivity index (χ2v) is 6.44. The molecule has 20 heavy (non-hydrogen) atoms. The predicted molar refractivity (Wildman–Crippen MR) is 79.6 cm³/mol. The monoisotopic (exact) mass is 291 g/mol. The van der Waals surface area contributed by atoms with Gasteiger partial charge in [-0.1, -0.05) is 30.3 Å². The van der Waals surface area contributed by atoms with Crippen LogP contribution in [-0.2, 0) is 22.3 Å². The summed E-state index contributed by atoms with van der Waals surface area (Å²) in [5, 5.41) is 0. The molecule has 0 atom stereocenters. The fourth-order valence-corrected chi connectivity index (χ4v) is 3.02. The number of hydrogen-bond donors (Lipinski definition) is 1. The fourth-order valence-electron chi connectivity index (χ4n) is 1.84. The number of rotatable bonds is 5. The van der Waals surface area contributed by atoms with Crippen molar-refractivity contribution >= 4 is 15.8 Å². The van der Waals surface area contributed by atoms with Gasteiger partial charge in [0, 0.05) is 19.8 Å². The molecular weight excluding hydrogens is 274 g/mol. The molecule has 0 saturated heterocycles. The van der Waals surface area contributed by atoms with Crippen LogP contribution in [0.1, 0.15) is 11.1 Å². The van der Waals surface area contributed by atoms with Crippen LogP contribution >= 0.6 is 0 Å². The molecule has 0 spiro atoms. The highest BCUT2D eigenvalue weighted by molar-refractivity contribution is 7.92. The minimum Gasteiger partial charge on any atom is -0.326 e. The van der Waals surface area contributed by atoms with Crippen molar-refractivity contribution in [2.75, 3.05) is 11.4 Å². The number of benzene rings is 1. The molecule has 5 nitrogen and oxygen atoms in total. The van der Waals surface area contributed by atoms with Gasteiger partial charge in [-0.3, -0.25) is 4.31 Å². The Bertz CT molecular complexity index is 672. The first kappa shape index (κ1) is 14.5. The van der Waals surface area contributed by atoms with Crippen LogP contribution in [0.4, 0.5) is 5.82 Å². The second-order valence-electron chi connectivity index (χ2n) is 4.44. The Morgan fingerprint density at radius 2 is 1.90 bits per heavy atom. The maximum Gasteiger partial charge on any atom is 0.240 e. The summed E-state index contributed by atoms with van der Waals surface area (Å²) >= 11 is 0. The zero-order valence-electron chi connectivity index (χ0n) is 11.2. The zero-order valence-corrected chi connectivity index (χ0v) is 12.0. The lowest BCUT2D eigenvalue weighted by Crippen LogP contribution is -2.28. The van der Waals surface area contributed by atoms with Crippen LogP contribution in [0.2, 0.25) is 0 Å². The highest BCUT2D eigenvalue weighted by Gasteiger charge is 2.19. The van der Waals surface area contributed by atoms with E-state index in [-0.39, 0.29) is 5.75 Å². The van der Waals surface area contributed by atoms with Gasteiger partial charge in [-0.25, -0.2) is 13.4 Å². The summed E-state index contributed by atoms with van der Waals surface area (Å²) in [6, 6.07) is 12.4. The lowest BCUT2D eigenvalue weighted by molar-refractivity contribution is 0.593. The summed E-state index contributed by atoms with van der Waals surface area (Å²) in [6.07, 6.45) is 1.57. The normalized spacial score (nSPS) is 11.3. The molecule has 1 heterocycles. The molecule has 1 aromatic carbocycles. The van der Waals surface area contributed by atoms with Crippen LogP contribution in [0, 0.1) is 0 Å². The third-order valence-electron chi connectivity index (χ3n) is 2.97. The lowest BCUT2D eigenvalue weighted by atomic mass is 10.1. The molecule has 0 aliphatic rings. The van der Waals surface area contributed by atoms with Crippen molar-refractivity contribution in [3.05, 3.63) is 59.8 Å². The van der Waals surface area contributed by atoms with Crippen LogP contribution in [-0.4, -0.2) is 20.4 Å². The van der Waals surface area contributed by atoms with Gasteiger partial charge in [0.25, 0.3) is 0 Å². The van der Waals surface area contributed by atoms with Crippen LogP contribution in [0.3, 0.4) is 0 Å². The van der Waals surface area contributed by atoms with Crippen molar-refractivity contribution in [3.8, 4) is 0 Å². The number of hydrogen-bond acceptors (Lipinski definition) is 4. The van der Waals surface area contributed by atoms with Gasteiger partial charge >= 0.3 is 0 Å². The van der Waals surface area contributed by atoms with Crippen LogP contribution in [0.15, 0.2) is 48.7 Å². The first-order chi connectivity index (χ1) is 9.53. The highest BCUT2D eigenvalue weighted by atomic mass is 32.2. The van der Waals surface area contributed by atoms with Crippen molar-refractivity contribution < 1.29 is 8.42 Å². The van der Waals surface area contributed by atoms with E-state index in [1.165, 1.54) is 11.4 Å². The molecule has 0 aliphatic carbocycles. The van der Waals surface area contributed by atoms with Gasteiger partial charge in [0.05, 0.1) is 5.75 Å². The van der Waals surface area contributed by atoms with E-state index in [4.69, 9.17) is 5.73 Å². The lowest BCUT2D eigenvalue weighted by Gasteiger charge is -2.18. The summed E-state index contributed by atoms with van der Waals surface area (Å²) in [5.41, 5.74) is 7.20. The average molecular weight is 291 g/mol. The van der Waals surface area contributed by atoms with Gasteiger partial charge in [-0.05, 0) is 23.3 Å². The van der Waals surface area contributed by atoms with Gasteiger partial charge < -0.3 is 5.73 Å². The van der Waals surface area contributed by atoms with Crippen LogP contribution in [0.5, 0.6) is 0 Å². The van der Waals surface area contributed by atoms with Crippen molar-refractivity contribution in [2.45, 2.75) is 12.3 Å². The summed E-state index contributed by atoms with van der Waals surface area (Å²) in [6.45, 7) is 0.393. The number of pyridine rings is 1. The number of nitrogens with zero attached hydrogens (tertiary/aromatic N) is 2. The standard InChI is InChI=1S/C14H17N3O2S/c1-17(14-7-2-3-8-16-14)20(18,19)11-13-6-4-5-12(9-13)10-15/h2-9H,10-11,15H2,1H3. The Balaban J connectivity index is 2.22. The molecule has 2 rings (SSSR count). The van der Waals surface area contributed by atoms with E-state index in [1.54, 1.807) is 30.5 Å². The van der Waals surface area contributed by atoms with Crippen molar-refractivity contribution in [1.82, 2.24) is 4.98 Å². The molecule has 0 unspecified atom stereocenters. The van der Waals surface area contributed by atoms with Gasteiger partial charge in [-0.2, -0.15) is 0 Å². The van der Waals surface area contributed by atoms with Crippen LogP contribution < -0.4 is 10.0 Å². The molecule has 0 bridgehead atoms. The average Bonchev–Trinajstić information content (AvgIpc) is 2.47. The summed E-state index contributed by atoms with van der Waals surface area (Å²) < 4.78 is 25.9. The first-order valence-corrected chi connectivity index (χ1v) is 7.79. The van der Waals surface area contributed by atoms with E-state index in [0.717, 1.165) is 11.1 Å². The van der Waals surface area contributed by atoms with E-state index < -0.39 is 10.0 Å². The zero-order chi connectivity index (χ0) is 14.6. The Morgan fingerprint density at radius 1 is 1.15 bits per heavy atom. The van der Waals surface area contributed by atoms with Crippen LogP contribution in [0.25, 0.3) is 0 Å². The second kappa shape index (κ2) is 6.02. The Labute approximate surface area is 119 Å². The molecule has 0 aliphatic heterocycles. The van der Waals surface area contributed by atoms with Gasteiger partial charge in [-0.15, -0.1) is 0 Å². The van der Waals surface area contributed by atoms with Gasteiger partial charge in [0.1, 0.15) is 5.82 Å². The molecular formula is C14H17N3O2S. The number of sulfonamides is 1. The molecule has 0 saturated carbocycles. The highest BCUT2D eigenvalue weighted by Crippen LogP contribution is 2.16. The van der Waals surface area contributed by atoms with E-state index in [1.807, 2.05) is 18.2 Å². The molecule has 6 heteroatoms. The minimum absolute atomic E-state index is 0.0755. The largest absolute Gasteiger partial charge is 0.326 e. The molecule has 0 fully saturated rings. The smallest absolute Gasteiger partial charge is 0.240 e. The predicted octanol–water partition coefficient (Wildman–Crippen LogP) is 1.51.